The van der Waals surface area contributed by atoms with Gasteiger partial charge in [0.15, 0.2) is 0 Å². The van der Waals surface area contributed by atoms with Gasteiger partial charge in [-0.05, 0) is 37.3 Å². The SMILES string of the molecule is CCCCCCC(C)=C=C(CC)CN=O. The number of hydrogen-bond donors (Lipinski definition) is 0. The van der Waals surface area contributed by atoms with Crippen LogP contribution in [0.3, 0.4) is 0 Å². The molecular weight excluding hydrogens is 186 g/mol. The minimum absolute atomic E-state index is 0.294. The smallest absolute Gasteiger partial charge is 0.109 e. The summed E-state index contributed by atoms with van der Waals surface area (Å²) in [7, 11) is 0. The van der Waals surface area contributed by atoms with Crippen molar-refractivity contribution in [3.8, 4) is 0 Å². The first kappa shape index (κ1) is 14.1. The molecule has 0 heterocycles. The molecule has 0 amide bonds. The molecule has 0 saturated carbocycles. The summed E-state index contributed by atoms with van der Waals surface area (Å²) < 4.78 is 0. The zero-order chi connectivity index (χ0) is 11.5. The van der Waals surface area contributed by atoms with Gasteiger partial charge >= 0.3 is 0 Å². The highest BCUT2D eigenvalue weighted by atomic mass is 16.3. The minimum atomic E-state index is 0.294. The van der Waals surface area contributed by atoms with E-state index in [1.807, 2.05) is 6.92 Å². The van der Waals surface area contributed by atoms with Crippen molar-refractivity contribution in [2.24, 2.45) is 5.18 Å². The van der Waals surface area contributed by atoms with Crippen LogP contribution in [0, 0.1) is 4.91 Å². The Balaban J connectivity index is 4.07. The van der Waals surface area contributed by atoms with E-state index in [-0.39, 0.29) is 0 Å². The van der Waals surface area contributed by atoms with Crippen LogP contribution in [0.25, 0.3) is 0 Å². The maximum atomic E-state index is 10.1. The molecule has 15 heavy (non-hydrogen) atoms. The third-order valence-electron chi connectivity index (χ3n) is 2.48. The molecule has 2 nitrogen and oxygen atoms in total. The minimum Gasteiger partial charge on any atom is -0.150 e. The molecule has 0 unspecified atom stereocenters. The van der Waals surface area contributed by atoms with E-state index in [9.17, 15) is 4.91 Å². The predicted octanol–water partition coefficient (Wildman–Crippen LogP) is 4.60. The molecule has 0 radical (unpaired) electrons. The van der Waals surface area contributed by atoms with Crippen molar-refractivity contribution in [3.63, 3.8) is 0 Å². The lowest BCUT2D eigenvalue weighted by Crippen LogP contribution is -1.85. The van der Waals surface area contributed by atoms with E-state index in [0.717, 1.165) is 18.4 Å². The maximum Gasteiger partial charge on any atom is 0.109 e. The molecule has 86 valence electrons. The monoisotopic (exact) mass is 209 g/mol. The third kappa shape index (κ3) is 8.14. The second-order valence-electron chi connectivity index (χ2n) is 3.96. The Kier molecular flexibility index (Phi) is 9.10. The summed E-state index contributed by atoms with van der Waals surface area (Å²) in [6.45, 7) is 6.64. The average Bonchev–Trinajstić information content (AvgIpc) is 2.24. The van der Waals surface area contributed by atoms with Crippen molar-refractivity contribution < 1.29 is 0 Å². The molecule has 0 spiro atoms. The molecule has 0 bridgehead atoms. The Morgan fingerprint density at radius 1 is 1.20 bits per heavy atom. The lowest BCUT2D eigenvalue weighted by molar-refractivity contribution is 0.664. The van der Waals surface area contributed by atoms with Crippen molar-refractivity contribution >= 4 is 0 Å². The van der Waals surface area contributed by atoms with Gasteiger partial charge in [-0.25, -0.2) is 0 Å². The van der Waals surface area contributed by atoms with Gasteiger partial charge in [-0.15, -0.1) is 5.73 Å². The van der Waals surface area contributed by atoms with Crippen molar-refractivity contribution in [1.29, 1.82) is 0 Å². The molecule has 0 aliphatic carbocycles. The van der Waals surface area contributed by atoms with Gasteiger partial charge in [0, 0.05) is 0 Å². The number of rotatable bonds is 8. The highest BCUT2D eigenvalue weighted by Gasteiger charge is 1.94. The first-order valence-electron chi connectivity index (χ1n) is 5.97. The van der Waals surface area contributed by atoms with Gasteiger partial charge in [0.1, 0.15) is 6.54 Å². The second kappa shape index (κ2) is 9.67. The molecule has 0 aromatic carbocycles. The van der Waals surface area contributed by atoms with Gasteiger partial charge in [-0.3, -0.25) is 0 Å². The zero-order valence-corrected chi connectivity index (χ0v) is 10.3. The molecule has 2 heteroatoms. The molecule has 0 aromatic heterocycles. The van der Waals surface area contributed by atoms with E-state index < -0.39 is 0 Å². The Bertz CT molecular complexity index is 237. The first-order valence-corrected chi connectivity index (χ1v) is 5.97. The summed E-state index contributed by atoms with van der Waals surface area (Å²) in [5.41, 5.74) is 5.57. The highest BCUT2D eigenvalue weighted by Crippen LogP contribution is 2.10. The van der Waals surface area contributed by atoms with Crippen molar-refractivity contribution in [2.45, 2.75) is 59.3 Å². The van der Waals surface area contributed by atoms with Crippen LogP contribution >= 0.6 is 0 Å². The number of hydrogen-bond acceptors (Lipinski definition) is 2. The van der Waals surface area contributed by atoms with E-state index in [4.69, 9.17) is 0 Å². The summed E-state index contributed by atoms with van der Waals surface area (Å²) >= 11 is 0. The highest BCUT2D eigenvalue weighted by molar-refractivity contribution is 5.09. The standard InChI is InChI=1S/C13H23NO/c1-4-6-7-8-9-12(3)10-13(5-2)11-14-15/h4-9,11H2,1-3H3. The molecule has 0 fully saturated rings. The molecule has 0 rings (SSSR count). The van der Waals surface area contributed by atoms with Crippen molar-refractivity contribution in [1.82, 2.24) is 0 Å². The normalized spacial score (nSPS) is 9.53. The van der Waals surface area contributed by atoms with E-state index in [1.165, 1.54) is 31.3 Å². The summed E-state index contributed by atoms with van der Waals surface area (Å²) in [6.07, 6.45) is 7.09. The molecular formula is C13H23NO. The van der Waals surface area contributed by atoms with Crippen molar-refractivity contribution in [3.05, 3.63) is 21.8 Å². The summed E-state index contributed by atoms with van der Waals surface area (Å²) in [5.74, 6) is 0. The third-order valence-corrected chi connectivity index (χ3v) is 2.48. The molecule has 0 atom stereocenters. The van der Waals surface area contributed by atoms with E-state index in [2.05, 4.69) is 24.8 Å². The van der Waals surface area contributed by atoms with E-state index in [1.54, 1.807) is 0 Å². The fraction of sp³-hybridized carbons (Fsp3) is 0.769. The van der Waals surface area contributed by atoms with Gasteiger partial charge in [-0.2, -0.15) is 4.91 Å². The van der Waals surface area contributed by atoms with Crippen molar-refractivity contribution in [2.75, 3.05) is 6.54 Å². The van der Waals surface area contributed by atoms with E-state index >= 15 is 0 Å². The largest absolute Gasteiger partial charge is 0.150 e. The van der Waals surface area contributed by atoms with Crippen LogP contribution in [0.15, 0.2) is 22.1 Å². The topological polar surface area (TPSA) is 29.4 Å². The fourth-order valence-electron chi connectivity index (χ4n) is 1.50. The molecule has 0 aromatic rings. The molecule has 0 aliphatic heterocycles. The lowest BCUT2D eigenvalue weighted by atomic mass is 10.1. The summed E-state index contributed by atoms with van der Waals surface area (Å²) in [6, 6.07) is 0. The fourth-order valence-corrected chi connectivity index (χ4v) is 1.50. The number of unbranched alkanes of at least 4 members (excludes halogenated alkanes) is 3. The predicted molar refractivity (Wildman–Crippen MR) is 65.9 cm³/mol. The average molecular weight is 209 g/mol. The zero-order valence-electron chi connectivity index (χ0n) is 10.3. The van der Waals surface area contributed by atoms with Crippen LogP contribution in [0.5, 0.6) is 0 Å². The van der Waals surface area contributed by atoms with Crippen LogP contribution < -0.4 is 0 Å². The van der Waals surface area contributed by atoms with Crippen LogP contribution in [-0.2, 0) is 0 Å². The number of nitroso groups, excluding NO2 is 1. The Labute approximate surface area is 93.4 Å². The molecule has 0 N–H and O–H groups in total. The maximum absolute atomic E-state index is 10.1. The summed E-state index contributed by atoms with van der Waals surface area (Å²) in [4.78, 5) is 10.1. The Morgan fingerprint density at radius 3 is 2.47 bits per heavy atom. The summed E-state index contributed by atoms with van der Waals surface area (Å²) in [5, 5.41) is 2.91. The van der Waals surface area contributed by atoms with Gasteiger partial charge in [0.05, 0.1) is 0 Å². The van der Waals surface area contributed by atoms with Crippen LogP contribution in [0.4, 0.5) is 0 Å². The Morgan fingerprint density at radius 2 is 1.93 bits per heavy atom. The molecule has 0 aliphatic rings. The van der Waals surface area contributed by atoms with Crippen LogP contribution in [-0.4, -0.2) is 6.54 Å². The molecule has 0 saturated heterocycles. The van der Waals surface area contributed by atoms with Gasteiger partial charge in [0.2, 0.25) is 0 Å². The van der Waals surface area contributed by atoms with Crippen LogP contribution in [0.1, 0.15) is 59.3 Å². The van der Waals surface area contributed by atoms with Gasteiger partial charge < -0.3 is 0 Å². The first-order chi connectivity index (χ1) is 7.24. The van der Waals surface area contributed by atoms with Gasteiger partial charge in [0.25, 0.3) is 0 Å². The second-order valence-corrected chi connectivity index (χ2v) is 3.96. The van der Waals surface area contributed by atoms with E-state index in [0.29, 0.717) is 6.54 Å². The van der Waals surface area contributed by atoms with Crippen LogP contribution in [0.2, 0.25) is 0 Å². The quantitative estimate of drug-likeness (QED) is 0.326. The number of nitrogens with zero attached hydrogens (tertiary/aromatic N) is 1. The lowest BCUT2D eigenvalue weighted by Gasteiger charge is -1.99. The van der Waals surface area contributed by atoms with Gasteiger partial charge in [-0.1, -0.05) is 38.3 Å². The Hall–Kier alpha value is -0.880.